The number of ether oxygens (including phenoxy) is 1. The molecule has 8 heteroatoms. The van der Waals surface area contributed by atoms with Crippen molar-refractivity contribution >= 4 is 0 Å². The van der Waals surface area contributed by atoms with Crippen LogP contribution in [0.4, 0.5) is 26.3 Å². The van der Waals surface area contributed by atoms with Crippen molar-refractivity contribution in [2.24, 2.45) is 0 Å². The first kappa shape index (κ1) is 17.6. The molecule has 0 aromatic heterocycles. The molecule has 1 aromatic rings. The maximum atomic E-state index is 12.4. The maximum absolute atomic E-state index is 12.4. The molecule has 0 aliphatic rings. The van der Waals surface area contributed by atoms with Gasteiger partial charge in [0.15, 0.2) is 0 Å². The van der Waals surface area contributed by atoms with Gasteiger partial charge in [0, 0.05) is 6.04 Å². The lowest BCUT2D eigenvalue weighted by Crippen LogP contribution is -2.46. The molecule has 21 heavy (non-hydrogen) atoms. The summed E-state index contributed by atoms with van der Waals surface area (Å²) in [5.41, 5.74) is 0.753. The summed E-state index contributed by atoms with van der Waals surface area (Å²) in [5.74, 6) is -0.482. The highest BCUT2D eigenvalue weighted by Gasteiger charge is 2.59. The van der Waals surface area contributed by atoms with Gasteiger partial charge in [-0.15, -0.1) is 0 Å². The van der Waals surface area contributed by atoms with Crippen LogP contribution in [-0.2, 0) is 0 Å². The van der Waals surface area contributed by atoms with Gasteiger partial charge in [-0.1, -0.05) is 19.1 Å². The summed E-state index contributed by atoms with van der Waals surface area (Å²) in [6.45, 7) is 1.90. The molecule has 1 rings (SSSR count). The van der Waals surface area contributed by atoms with Crippen LogP contribution in [0.15, 0.2) is 24.3 Å². The normalized spacial score (nSPS) is 14.3. The number of rotatable bonds is 5. The van der Waals surface area contributed by atoms with Gasteiger partial charge in [0.25, 0.3) is 6.10 Å². The monoisotopic (exact) mass is 315 g/mol. The summed E-state index contributed by atoms with van der Waals surface area (Å²) in [5, 5.41) is 2.98. The van der Waals surface area contributed by atoms with Crippen molar-refractivity contribution in [1.29, 1.82) is 0 Å². The van der Waals surface area contributed by atoms with Crippen LogP contribution in [0.25, 0.3) is 0 Å². The molecule has 0 aliphatic carbocycles. The summed E-state index contributed by atoms with van der Waals surface area (Å²) in [4.78, 5) is 0. The minimum Gasteiger partial charge on any atom is -0.471 e. The fourth-order valence-corrected chi connectivity index (χ4v) is 1.84. The van der Waals surface area contributed by atoms with Crippen LogP contribution < -0.4 is 10.1 Å². The number of benzene rings is 1. The van der Waals surface area contributed by atoms with E-state index in [0.29, 0.717) is 0 Å². The molecule has 120 valence electrons. The molecule has 1 N–H and O–H groups in total. The third-order valence-electron chi connectivity index (χ3n) is 2.89. The predicted octanol–water partition coefficient (Wildman–Crippen LogP) is 4.23. The zero-order valence-corrected chi connectivity index (χ0v) is 11.3. The second kappa shape index (κ2) is 6.55. The van der Waals surface area contributed by atoms with Crippen molar-refractivity contribution in [1.82, 2.24) is 5.32 Å². The van der Waals surface area contributed by atoms with Gasteiger partial charge in [-0.2, -0.15) is 26.3 Å². The van der Waals surface area contributed by atoms with Crippen molar-refractivity contribution in [3.05, 3.63) is 29.8 Å². The Morgan fingerprint density at radius 3 is 1.81 bits per heavy atom. The van der Waals surface area contributed by atoms with Crippen LogP contribution >= 0.6 is 0 Å². The topological polar surface area (TPSA) is 21.3 Å². The van der Waals surface area contributed by atoms with Crippen LogP contribution in [-0.4, -0.2) is 25.5 Å². The molecule has 0 heterocycles. The van der Waals surface area contributed by atoms with E-state index < -0.39 is 24.2 Å². The lowest BCUT2D eigenvalue weighted by molar-refractivity contribution is -0.299. The first-order valence-electron chi connectivity index (χ1n) is 6.17. The predicted molar refractivity (Wildman–Crippen MR) is 65.1 cm³/mol. The molecule has 0 radical (unpaired) electrons. The van der Waals surface area contributed by atoms with Crippen molar-refractivity contribution in [2.45, 2.75) is 37.8 Å². The number of nitrogens with one attached hydrogen (secondary N) is 1. The third-order valence-corrected chi connectivity index (χ3v) is 2.89. The summed E-state index contributed by atoms with van der Waals surface area (Å²) in [7, 11) is 1.71. The summed E-state index contributed by atoms with van der Waals surface area (Å²) in [6.07, 6.45) is -14.1. The third kappa shape index (κ3) is 4.80. The second-order valence-electron chi connectivity index (χ2n) is 4.40. The molecule has 0 saturated heterocycles. The van der Waals surface area contributed by atoms with Crippen molar-refractivity contribution in [3.63, 3.8) is 0 Å². The largest absolute Gasteiger partial charge is 0.471 e. The minimum absolute atomic E-state index is 0.0277. The number of hydrogen-bond acceptors (Lipinski definition) is 2. The molecule has 2 nitrogen and oxygen atoms in total. The molecule has 0 amide bonds. The Labute approximate surface area is 118 Å². The maximum Gasteiger partial charge on any atom is 0.434 e. The van der Waals surface area contributed by atoms with Gasteiger partial charge in [-0.3, -0.25) is 0 Å². The van der Waals surface area contributed by atoms with Gasteiger partial charge in [0.2, 0.25) is 0 Å². The molecular formula is C13H15F6NO. The Morgan fingerprint density at radius 2 is 1.48 bits per heavy atom. The highest BCUT2D eigenvalue weighted by atomic mass is 19.4. The lowest BCUT2D eigenvalue weighted by Gasteiger charge is -2.24. The quantitative estimate of drug-likeness (QED) is 0.821. The van der Waals surface area contributed by atoms with Gasteiger partial charge in [0.1, 0.15) is 5.75 Å². The zero-order valence-electron chi connectivity index (χ0n) is 11.3. The van der Waals surface area contributed by atoms with Crippen LogP contribution in [0.1, 0.15) is 24.9 Å². The molecule has 1 aromatic carbocycles. The van der Waals surface area contributed by atoms with Crippen molar-refractivity contribution < 1.29 is 31.1 Å². The average molecular weight is 315 g/mol. The smallest absolute Gasteiger partial charge is 0.434 e. The first-order chi connectivity index (χ1) is 9.59. The SMILES string of the molecule is CCC(NC)c1ccc(OC(C(F)(F)F)C(F)(F)F)cc1. The fraction of sp³-hybridized carbons (Fsp3) is 0.538. The summed E-state index contributed by atoms with van der Waals surface area (Å²) < 4.78 is 78.3. The first-order valence-corrected chi connectivity index (χ1v) is 6.17. The Balaban J connectivity index is 2.92. The van der Waals surface area contributed by atoms with Gasteiger partial charge in [-0.25, -0.2) is 0 Å². The summed E-state index contributed by atoms with van der Waals surface area (Å²) >= 11 is 0. The van der Waals surface area contributed by atoms with E-state index in [9.17, 15) is 26.3 Å². The van der Waals surface area contributed by atoms with E-state index in [4.69, 9.17) is 0 Å². The summed E-state index contributed by atoms with van der Waals surface area (Å²) in [6, 6.07) is 5.04. The molecule has 0 bridgehead atoms. The molecule has 1 unspecified atom stereocenters. The Morgan fingerprint density at radius 1 is 1.00 bits per heavy atom. The van der Waals surface area contributed by atoms with E-state index >= 15 is 0 Å². The van der Waals surface area contributed by atoms with Gasteiger partial charge in [-0.05, 0) is 31.2 Å². The number of alkyl halides is 6. The number of halogens is 6. The van der Waals surface area contributed by atoms with Gasteiger partial charge in [0.05, 0.1) is 0 Å². The van der Waals surface area contributed by atoms with Crippen LogP contribution in [0.2, 0.25) is 0 Å². The molecule has 0 fully saturated rings. The number of hydrogen-bond donors (Lipinski definition) is 1. The van der Waals surface area contributed by atoms with Crippen LogP contribution in [0.5, 0.6) is 5.75 Å². The van der Waals surface area contributed by atoms with Crippen LogP contribution in [0, 0.1) is 0 Å². The minimum atomic E-state index is -5.52. The van der Waals surface area contributed by atoms with Crippen molar-refractivity contribution in [2.75, 3.05) is 7.05 Å². The molecule has 0 spiro atoms. The van der Waals surface area contributed by atoms with E-state index in [0.717, 1.165) is 24.1 Å². The fourth-order valence-electron chi connectivity index (χ4n) is 1.84. The average Bonchev–Trinajstić information content (AvgIpc) is 2.36. The zero-order chi connectivity index (χ0) is 16.3. The highest BCUT2D eigenvalue weighted by Crippen LogP contribution is 2.36. The molecule has 0 saturated carbocycles. The van der Waals surface area contributed by atoms with E-state index in [1.165, 1.54) is 12.1 Å². The van der Waals surface area contributed by atoms with Crippen molar-refractivity contribution in [3.8, 4) is 5.75 Å². The van der Waals surface area contributed by atoms with E-state index in [1.54, 1.807) is 7.05 Å². The lowest BCUT2D eigenvalue weighted by atomic mass is 10.0. The van der Waals surface area contributed by atoms with E-state index in [2.05, 4.69) is 10.1 Å². The van der Waals surface area contributed by atoms with Gasteiger partial charge >= 0.3 is 12.4 Å². The molecule has 0 aliphatic heterocycles. The molecule has 1 atom stereocenters. The second-order valence-corrected chi connectivity index (χ2v) is 4.40. The van der Waals surface area contributed by atoms with E-state index in [-0.39, 0.29) is 6.04 Å². The Bertz CT molecular complexity index is 421. The highest BCUT2D eigenvalue weighted by molar-refractivity contribution is 5.29. The Kier molecular flexibility index (Phi) is 5.49. The van der Waals surface area contributed by atoms with Crippen LogP contribution in [0.3, 0.4) is 0 Å². The van der Waals surface area contributed by atoms with Gasteiger partial charge < -0.3 is 10.1 Å². The standard InChI is InChI=1S/C13H15F6NO/c1-3-10(20-2)8-4-6-9(7-5-8)21-11(12(14,15)16)13(17,18)19/h4-7,10-11,20H,3H2,1-2H3. The molecular weight excluding hydrogens is 300 g/mol. The van der Waals surface area contributed by atoms with E-state index in [1.807, 2.05) is 6.92 Å². The Hall–Kier alpha value is -1.44.